The van der Waals surface area contributed by atoms with Crippen molar-refractivity contribution in [2.75, 3.05) is 5.32 Å². The zero-order valence-corrected chi connectivity index (χ0v) is 15.8. The normalized spacial score (nSPS) is 11.3. The highest BCUT2D eigenvalue weighted by Gasteiger charge is 2.11. The fraction of sp³-hybridized carbons (Fsp3) is 0.0526. The summed E-state index contributed by atoms with van der Waals surface area (Å²) in [7, 11) is 0. The fourth-order valence-corrected chi connectivity index (χ4v) is 3.50. The number of rotatable bonds is 4. The van der Waals surface area contributed by atoms with E-state index in [9.17, 15) is 4.79 Å². The highest BCUT2D eigenvalue weighted by atomic mass is 35.5. The van der Waals surface area contributed by atoms with Crippen molar-refractivity contribution in [2.45, 2.75) is 6.92 Å². The Hall–Kier alpha value is -3.03. The second-order valence-electron chi connectivity index (χ2n) is 5.80. The summed E-state index contributed by atoms with van der Waals surface area (Å²) in [6.07, 6.45) is 3.23. The highest BCUT2D eigenvalue weighted by molar-refractivity contribution is 7.19. The van der Waals surface area contributed by atoms with Crippen LogP contribution in [-0.4, -0.2) is 25.7 Å². The van der Waals surface area contributed by atoms with Gasteiger partial charge in [0.15, 0.2) is 5.82 Å². The molecule has 4 rings (SSSR count). The molecule has 0 atom stereocenters. The third-order valence-electron chi connectivity index (χ3n) is 3.82. The molecule has 2 aromatic heterocycles. The van der Waals surface area contributed by atoms with Crippen LogP contribution >= 0.6 is 22.9 Å². The van der Waals surface area contributed by atoms with Crippen LogP contribution in [-0.2, 0) is 4.79 Å². The Labute approximate surface area is 164 Å². The maximum atomic E-state index is 12.2. The van der Waals surface area contributed by atoms with Crippen LogP contribution in [0.2, 0.25) is 5.02 Å². The van der Waals surface area contributed by atoms with Crippen molar-refractivity contribution in [3.8, 4) is 10.6 Å². The van der Waals surface area contributed by atoms with E-state index in [-0.39, 0.29) is 5.91 Å². The van der Waals surface area contributed by atoms with Crippen LogP contribution < -0.4 is 5.32 Å². The maximum Gasteiger partial charge on any atom is 0.248 e. The molecule has 6 nitrogen and oxygen atoms in total. The van der Waals surface area contributed by atoms with Crippen molar-refractivity contribution >= 4 is 45.6 Å². The Morgan fingerprint density at radius 1 is 1.19 bits per heavy atom. The monoisotopic (exact) mass is 395 g/mol. The van der Waals surface area contributed by atoms with E-state index in [0.29, 0.717) is 10.7 Å². The molecule has 0 aliphatic carbocycles. The quantitative estimate of drug-likeness (QED) is 0.517. The first kappa shape index (κ1) is 17.4. The van der Waals surface area contributed by atoms with E-state index in [4.69, 9.17) is 11.6 Å². The van der Waals surface area contributed by atoms with E-state index < -0.39 is 0 Å². The Bertz CT molecular complexity index is 1150. The molecule has 0 saturated carbocycles. The van der Waals surface area contributed by atoms with Gasteiger partial charge in [-0.3, -0.25) is 4.79 Å². The van der Waals surface area contributed by atoms with Gasteiger partial charge in [0.1, 0.15) is 5.01 Å². The summed E-state index contributed by atoms with van der Waals surface area (Å²) >= 11 is 7.31. The van der Waals surface area contributed by atoms with Crippen molar-refractivity contribution < 1.29 is 4.79 Å². The first-order valence-corrected chi connectivity index (χ1v) is 9.32. The topological polar surface area (TPSA) is 72.2 Å². The molecule has 2 aromatic carbocycles. The second kappa shape index (κ2) is 7.30. The summed E-state index contributed by atoms with van der Waals surface area (Å²) < 4.78 is 1.71. The average Bonchev–Trinajstić information content (AvgIpc) is 3.24. The van der Waals surface area contributed by atoms with Crippen LogP contribution in [0.25, 0.3) is 21.6 Å². The Morgan fingerprint density at radius 3 is 2.78 bits per heavy atom. The molecule has 0 radical (unpaired) electrons. The minimum atomic E-state index is -0.212. The number of fused-ring (bicyclic) bond motifs is 1. The van der Waals surface area contributed by atoms with E-state index in [0.717, 1.165) is 26.9 Å². The SMILES string of the molecule is Cc1nnc2sc(-c3cccc(NC(=O)C=Cc4ccc(Cl)cc4)c3)nn12. The molecule has 0 unspecified atom stereocenters. The van der Waals surface area contributed by atoms with Gasteiger partial charge in [-0.25, -0.2) is 0 Å². The molecule has 0 aliphatic heterocycles. The number of aryl methyl sites for hydroxylation is 1. The van der Waals surface area contributed by atoms with Crippen molar-refractivity contribution in [1.82, 2.24) is 19.8 Å². The number of nitrogens with zero attached hydrogens (tertiary/aromatic N) is 4. The van der Waals surface area contributed by atoms with Crippen molar-refractivity contribution in [1.29, 1.82) is 0 Å². The number of nitrogens with one attached hydrogen (secondary N) is 1. The summed E-state index contributed by atoms with van der Waals surface area (Å²) in [6, 6.07) is 14.8. The van der Waals surface area contributed by atoms with Gasteiger partial charge in [0.2, 0.25) is 10.9 Å². The number of aromatic nitrogens is 4. The molecule has 8 heteroatoms. The zero-order chi connectivity index (χ0) is 18.8. The third-order valence-corrected chi connectivity index (χ3v) is 5.02. The lowest BCUT2D eigenvalue weighted by atomic mass is 10.2. The standard InChI is InChI=1S/C19H14ClN5OS/c1-12-22-23-19-25(12)24-18(27-19)14-3-2-4-16(11-14)21-17(26)10-7-13-5-8-15(20)9-6-13/h2-11H,1H3,(H,21,26). The van der Waals surface area contributed by atoms with E-state index in [2.05, 4.69) is 20.6 Å². The summed E-state index contributed by atoms with van der Waals surface area (Å²) in [5.74, 6) is 0.528. The van der Waals surface area contributed by atoms with E-state index in [1.165, 1.54) is 17.4 Å². The number of carbonyl (C=O) groups excluding carboxylic acids is 1. The molecular weight excluding hydrogens is 382 g/mol. The first-order valence-electron chi connectivity index (χ1n) is 8.12. The summed E-state index contributed by atoms with van der Waals surface area (Å²) in [5, 5.41) is 16.9. The van der Waals surface area contributed by atoms with Crippen LogP contribution in [0.3, 0.4) is 0 Å². The molecule has 1 amide bonds. The summed E-state index contributed by atoms with van der Waals surface area (Å²) in [5.41, 5.74) is 2.50. The average molecular weight is 396 g/mol. The molecule has 4 aromatic rings. The van der Waals surface area contributed by atoms with Gasteiger partial charge in [0.25, 0.3) is 0 Å². The molecule has 27 heavy (non-hydrogen) atoms. The Balaban J connectivity index is 1.50. The molecule has 0 saturated heterocycles. The number of halogens is 1. The number of amides is 1. The highest BCUT2D eigenvalue weighted by Crippen LogP contribution is 2.27. The smallest absolute Gasteiger partial charge is 0.248 e. The molecule has 0 aliphatic rings. The van der Waals surface area contributed by atoms with Gasteiger partial charge < -0.3 is 5.32 Å². The molecule has 0 spiro atoms. The van der Waals surface area contributed by atoms with Crippen LogP contribution in [0.5, 0.6) is 0 Å². The Morgan fingerprint density at radius 2 is 2.00 bits per heavy atom. The lowest BCUT2D eigenvalue weighted by Gasteiger charge is -2.04. The lowest BCUT2D eigenvalue weighted by molar-refractivity contribution is -0.111. The van der Waals surface area contributed by atoms with E-state index >= 15 is 0 Å². The van der Waals surface area contributed by atoms with E-state index in [1.54, 1.807) is 22.7 Å². The number of hydrogen-bond donors (Lipinski definition) is 1. The van der Waals surface area contributed by atoms with Gasteiger partial charge in [0.05, 0.1) is 0 Å². The van der Waals surface area contributed by atoms with Crippen molar-refractivity contribution in [3.05, 3.63) is 71.0 Å². The van der Waals surface area contributed by atoms with Crippen molar-refractivity contribution in [3.63, 3.8) is 0 Å². The Kier molecular flexibility index (Phi) is 4.70. The summed E-state index contributed by atoms with van der Waals surface area (Å²) in [6.45, 7) is 1.85. The number of anilines is 1. The first-order chi connectivity index (χ1) is 13.1. The van der Waals surface area contributed by atoms with Gasteiger partial charge in [-0.2, -0.15) is 9.61 Å². The van der Waals surface area contributed by atoms with Crippen LogP contribution in [0.1, 0.15) is 11.4 Å². The fourth-order valence-electron chi connectivity index (χ4n) is 2.49. The van der Waals surface area contributed by atoms with Crippen LogP contribution in [0.15, 0.2) is 54.6 Å². The predicted molar refractivity (Wildman–Crippen MR) is 108 cm³/mol. The van der Waals surface area contributed by atoms with Gasteiger partial charge in [0, 0.05) is 22.3 Å². The largest absolute Gasteiger partial charge is 0.322 e. The molecular formula is C19H14ClN5OS. The van der Waals surface area contributed by atoms with Crippen LogP contribution in [0.4, 0.5) is 5.69 Å². The van der Waals surface area contributed by atoms with Gasteiger partial charge in [-0.05, 0) is 42.8 Å². The minimum Gasteiger partial charge on any atom is -0.322 e. The molecule has 2 heterocycles. The zero-order valence-electron chi connectivity index (χ0n) is 14.3. The molecule has 0 bridgehead atoms. The van der Waals surface area contributed by atoms with E-state index in [1.807, 2.05) is 43.3 Å². The number of carbonyl (C=O) groups is 1. The third kappa shape index (κ3) is 3.89. The van der Waals surface area contributed by atoms with Gasteiger partial charge >= 0.3 is 0 Å². The number of benzene rings is 2. The lowest BCUT2D eigenvalue weighted by Crippen LogP contribution is -2.07. The minimum absolute atomic E-state index is 0.212. The van der Waals surface area contributed by atoms with Gasteiger partial charge in [-0.1, -0.05) is 47.2 Å². The maximum absolute atomic E-state index is 12.2. The molecule has 0 fully saturated rings. The number of hydrogen-bond acceptors (Lipinski definition) is 5. The van der Waals surface area contributed by atoms with Crippen molar-refractivity contribution in [2.24, 2.45) is 0 Å². The summed E-state index contributed by atoms with van der Waals surface area (Å²) in [4.78, 5) is 12.9. The van der Waals surface area contributed by atoms with Crippen LogP contribution in [0, 0.1) is 6.92 Å². The molecule has 1 N–H and O–H groups in total. The second-order valence-corrected chi connectivity index (χ2v) is 7.20. The van der Waals surface area contributed by atoms with Gasteiger partial charge in [-0.15, -0.1) is 10.2 Å². The molecule has 134 valence electrons. The predicted octanol–water partition coefficient (Wildman–Crippen LogP) is 4.47.